The summed E-state index contributed by atoms with van der Waals surface area (Å²) >= 11 is 4.78. The molecule has 0 aliphatic heterocycles. The molecular weight excluding hydrogens is 340 g/mol. The van der Waals surface area contributed by atoms with Gasteiger partial charge in [0.2, 0.25) is 0 Å². The molecule has 0 bridgehead atoms. The van der Waals surface area contributed by atoms with E-state index in [1.165, 1.54) is 17.8 Å². The fourth-order valence-electron chi connectivity index (χ4n) is 1.79. The van der Waals surface area contributed by atoms with Crippen molar-refractivity contribution in [1.29, 1.82) is 0 Å². The van der Waals surface area contributed by atoms with Crippen LogP contribution >= 0.6 is 27.7 Å². The smallest absolute Gasteiger partial charge is 0.283 e. The van der Waals surface area contributed by atoms with E-state index in [0.717, 1.165) is 14.9 Å². The molecular formula is C14H13BrN2O2S. The molecule has 0 heterocycles. The summed E-state index contributed by atoms with van der Waals surface area (Å²) in [4.78, 5) is 12.2. The van der Waals surface area contributed by atoms with Crippen LogP contribution in [0.15, 0.2) is 56.7 Å². The first-order valence-corrected chi connectivity index (χ1v) is 7.56. The highest BCUT2D eigenvalue weighted by Crippen LogP contribution is 2.38. The molecule has 20 heavy (non-hydrogen) atoms. The summed E-state index contributed by atoms with van der Waals surface area (Å²) < 4.78 is 0.919. The Bertz CT molecular complexity index is 647. The highest BCUT2D eigenvalue weighted by molar-refractivity contribution is 9.10. The van der Waals surface area contributed by atoms with Crippen molar-refractivity contribution in [3.63, 3.8) is 0 Å². The van der Waals surface area contributed by atoms with Crippen LogP contribution in [-0.2, 0) is 0 Å². The van der Waals surface area contributed by atoms with E-state index in [1.54, 1.807) is 18.2 Å². The Balaban J connectivity index is 2.45. The maximum Gasteiger partial charge on any atom is 0.283 e. The lowest BCUT2D eigenvalue weighted by Crippen LogP contribution is -2.06. The lowest BCUT2D eigenvalue weighted by atomic mass is 10.1. The van der Waals surface area contributed by atoms with E-state index in [-0.39, 0.29) is 16.7 Å². The van der Waals surface area contributed by atoms with E-state index in [9.17, 15) is 10.1 Å². The van der Waals surface area contributed by atoms with Crippen LogP contribution in [0.3, 0.4) is 0 Å². The summed E-state index contributed by atoms with van der Waals surface area (Å²) in [5.74, 6) is 0. The van der Waals surface area contributed by atoms with Crippen molar-refractivity contribution in [2.45, 2.75) is 22.8 Å². The zero-order valence-corrected chi connectivity index (χ0v) is 13.1. The molecule has 0 aromatic heterocycles. The maximum absolute atomic E-state index is 11.1. The first-order valence-electron chi connectivity index (χ1n) is 5.95. The minimum absolute atomic E-state index is 0.105. The van der Waals surface area contributed by atoms with Gasteiger partial charge in [-0.3, -0.25) is 10.1 Å². The van der Waals surface area contributed by atoms with Gasteiger partial charge in [0.1, 0.15) is 0 Å². The Hall–Kier alpha value is -1.37. The summed E-state index contributed by atoms with van der Waals surface area (Å²) in [6.45, 7) is 1.90. The Kier molecular flexibility index (Phi) is 4.80. The van der Waals surface area contributed by atoms with Crippen LogP contribution in [0.5, 0.6) is 0 Å². The zero-order chi connectivity index (χ0) is 14.7. The minimum Gasteiger partial charge on any atom is -0.324 e. The molecule has 0 aliphatic rings. The van der Waals surface area contributed by atoms with Crippen LogP contribution in [-0.4, -0.2) is 4.92 Å². The van der Waals surface area contributed by atoms with E-state index in [1.807, 2.05) is 25.1 Å². The maximum atomic E-state index is 11.1. The molecule has 2 N–H and O–H groups in total. The zero-order valence-electron chi connectivity index (χ0n) is 10.7. The first-order chi connectivity index (χ1) is 9.49. The number of para-hydroxylation sites is 1. The van der Waals surface area contributed by atoms with Crippen molar-refractivity contribution in [1.82, 2.24) is 0 Å². The molecule has 0 spiro atoms. The molecule has 1 atom stereocenters. The predicted molar refractivity (Wildman–Crippen MR) is 84.0 cm³/mol. The molecule has 2 aromatic rings. The van der Waals surface area contributed by atoms with Gasteiger partial charge in [0.25, 0.3) is 5.69 Å². The molecule has 0 fully saturated rings. The number of hydrogen-bond donors (Lipinski definition) is 1. The van der Waals surface area contributed by atoms with Crippen LogP contribution in [0.4, 0.5) is 5.69 Å². The molecule has 2 rings (SSSR count). The number of benzene rings is 2. The van der Waals surface area contributed by atoms with Gasteiger partial charge in [-0.15, -0.1) is 0 Å². The second-order valence-corrected chi connectivity index (χ2v) is 6.30. The second kappa shape index (κ2) is 6.39. The quantitative estimate of drug-likeness (QED) is 0.648. The van der Waals surface area contributed by atoms with Crippen LogP contribution in [0.1, 0.15) is 18.5 Å². The van der Waals surface area contributed by atoms with Crippen LogP contribution < -0.4 is 5.73 Å². The summed E-state index contributed by atoms with van der Waals surface area (Å²) in [7, 11) is 0. The second-order valence-electron chi connectivity index (χ2n) is 4.30. The van der Waals surface area contributed by atoms with E-state index in [0.29, 0.717) is 4.90 Å². The third kappa shape index (κ3) is 3.39. The van der Waals surface area contributed by atoms with Crippen LogP contribution in [0.2, 0.25) is 0 Å². The first kappa shape index (κ1) is 15.0. The van der Waals surface area contributed by atoms with Gasteiger partial charge in [-0.2, -0.15) is 0 Å². The highest BCUT2D eigenvalue weighted by atomic mass is 79.9. The van der Waals surface area contributed by atoms with Crippen LogP contribution in [0, 0.1) is 10.1 Å². The third-order valence-corrected chi connectivity index (χ3v) is 4.38. The molecule has 0 saturated carbocycles. The number of nitrogens with two attached hydrogens (primary N) is 1. The Morgan fingerprint density at radius 3 is 2.60 bits per heavy atom. The topological polar surface area (TPSA) is 69.2 Å². The largest absolute Gasteiger partial charge is 0.324 e. The van der Waals surface area contributed by atoms with Gasteiger partial charge in [0, 0.05) is 21.5 Å². The average molecular weight is 353 g/mol. The van der Waals surface area contributed by atoms with Crippen molar-refractivity contribution in [3.05, 3.63) is 62.6 Å². The summed E-state index contributed by atoms with van der Waals surface area (Å²) in [5, 5.41) is 11.1. The molecule has 4 nitrogen and oxygen atoms in total. The predicted octanol–water partition coefficient (Wildman–Crippen LogP) is 4.53. The summed E-state index contributed by atoms with van der Waals surface area (Å²) in [5.41, 5.74) is 7.03. The summed E-state index contributed by atoms with van der Waals surface area (Å²) in [6, 6.07) is 12.4. The Morgan fingerprint density at radius 2 is 1.95 bits per heavy atom. The molecule has 0 amide bonds. The fraction of sp³-hybridized carbons (Fsp3) is 0.143. The lowest BCUT2D eigenvalue weighted by molar-refractivity contribution is -0.387. The monoisotopic (exact) mass is 352 g/mol. The van der Waals surface area contributed by atoms with E-state index < -0.39 is 0 Å². The lowest BCUT2D eigenvalue weighted by Gasteiger charge is -2.12. The molecule has 104 valence electrons. The minimum atomic E-state index is -0.369. The van der Waals surface area contributed by atoms with E-state index >= 15 is 0 Å². The van der Waals surface area contributed by atoms with Gasteiger partial charge in [-0.1, -0.05) is 45.9 Å². The average Bonchev–Trinajstić information content (AvgIpc) is 2.38. The molecule has 0 saturated heterocycles. The van der Waals surface area contributed by atoms with E-state index in [4.69, 9.17) is 5.73 Å². The Labute approximate surface area is 129 Å². The molecule has 2 aromatic carbocycles. The van der Waals surface area contributed by atoms with Gasteiger partial charge >= 0.3 is 0 Å². The van der Waals surface area contributed by atoms with Crippen molar-refractivity contribution in [2.75, 3.05) is 0 Å². The summed E-state index contributed by atoms with van der Waals surface area (Å²) in [6.07, 6.45) is 0. The third-order valence-electron chi connectivity index (χ3n) is 2.75. The normalized spacial score (nSPS) is 12.2. The van der Waals surface area contributed by atoms with Crippen molar-refractivity contribution >= 4 is 33.4 Å². The van der Waals surface area contributed by atoms with Gasteiger partial charge in [0.15, 0.2) is 0 Å². The van der Waals surface area contributed by atoms with E-state index in [2.05, 4.69) is 15.9 Å². The molecule has 0 aliphatic carbocycles. The molecule has 1 unspecified atom stereocenters. The number of hydrogen-bond acceptors (Lipinski definition) is 4. The number of halogens is 1. The number of nitro benzene ring substituents is 1. The molecule has 0 radical (unpaired) electrons. The SMILES string of the molecule is CC(N)c1ccc(Br)cc1Sc1ccccc1[N+](=O)[O-]. The van der Waals surface area contributed by atoms with Crippen molar-refractivity contribution in [2.24, 2.45) is 5.73 Å². The standard InChI is InChI=1S/C14H13BrN2O2S/c1-9(16)11-7-6-10(15)8-14(11)20-13-5-3-2-4-12(13)17(18)19/h2-9H,16H2,1H3. The van der Waals surface area contributed by atoms with Gasteiger partial charge in [-0.25, -0.2) is 0 Å². The Morgan fingerprint density at radius 1 is 1.25 bits per heavy atom. The van der Waals surface area contributed by atoms with Crippen LogP contribution in [0.25, 0.3) is 0 Å². The van der Waals surface area contributed by atoms with Gasteiger partial charge in [-0.05, 0) is 30.7 Å². The number of rotatable bonds is 4. The number of nitrogens with zero attached hydrogens (tertiary/aromatic N) is 1. The number of nitro groups is 1. The van der Waals surface area contributed by atoms with Gasteiger partial charge in [0.05, 0.1) is 9.82 Å². The highest BCUT2D eigenvalue weighted by Gasteiger charge is 2.16. The molecule has 6 heteroatoms. The van der Waals surface area contributed by atoms with Crippen molar-refractivity contribution in [3.8, 4) is 0 Å². The van der Waals surface area contributed by atoms with Crippen molar-refractivity contribution < 1.29 is 4.92 Å². The van der Waals surface area contributed by atoms with Gasteiger partial charge < -0.3 is 5.73 Å². The fourth-order valence-corrected chi connectivity index (χ4v) is 3.49.